The lowest BCUT2D eigenvalue weighted by atomic mass is 10.00. The molecule has 0 spiro atoms. The Labute approximate surface area is 102 Å². The van der Waals surface area contributed by atoms with Crippen LogP contribution in [0, 0.1) is 0 Å². The largest absolute Gasteiger partial charge is 0.396 e. The van der Waals surface area contributed by atoms with Crippen LogP contribution in [0.5, 0.6) is 0 Å². The van der Waals surface area contributed by atoms with Gasteiger partial charge in [0.15, 0.2) is 0 Å². The van der Waals surface area contributed by atoms with Gasteiger partial charge in [0.05, 0.1) is 0 Å². The fourth-order valence-electron chi connectivity index (χ4n) is 1.86. The summed E-state index contributed by atoms with van der Waals surface area (Å²) in [6.45, 7) is 0.127. The first-order valence-corrected chi connectivity index (χ1v) is 5.83. The Kier molecular flexibility index (Phi) is 3.91. The molecule has 0 aliphatic heterocycles. The fourth-order valence-corrected chi connectivity index (χ4v) is 1.86. The summed E-state index contributed by atoms with van der Waals surface area (Å²) in [5, 5.41) is 8.85. The molecular weight excluding hydrogens is 210 g/mol. The molecule has 1 atom stereocenters. The first-order valence-electron chi connectivity index (χ1n) is 5.83. The lowest BCUT2D eigenvalue weighted by Crippen LogP contribution is -2.11. The number of aliphatic hydroxyl groups is 1. The highest BCUT2D eigenvalue weighted by Gasteiger charge is 2.05. The number of aliphatic hydroxyl groups excluding tert-OH is 1. The third kappa shape index (κ3) is 2.93. The van der Waals surface area contributed by atoms with Gasteiger partial charge in [0.2, 0.25) is 0 Å². The van der Waals surface area contributed by atoms with Crippen LogP contribution in [0.4, 0.5) is 0 Å². The van der Waals surface area contributed by atoms with Crippen LogP contribution in [0.15, 0.2) is 54.6 Å². The Morgan fingerprint density at radius 2 is 1.47 bits per heavy atom. The Morgan fingerprint density at radius 1 is 0.882 bits per heavy atom. The summed E-state index contributed by atoms with van der Waals surface area (Å²) in [6, 6.07) is 18.4. The Bertz CT molecular complexity index is 450. The molecule has 0 saturated heterocycles. The van der Waals surface area contributed by atoms with Gasteiger partial charge in [0.25, 0.3) is 0 Å². The Hall–Kier alpha value is -1.64. The fraction of sp³-hybridized carbons (Fsp3) is 0.200. The van der Waals surface area contributed by atoms with Crippen LogP contribution in [0.1, 0.15) is 18.0 Å². The van der Waals surface area contributed by atoms with Crippen molar-refractivity contribution in [3.05, 3.63) is 60.2 Å². The van der Waals surface area contributed by atoms with E-state index in [2.05, 4.69) is 24.3 Å². The number of rotatable bonds is 4. The highest BCUT2D eigenvalue weighted by Crippen LogP contribution is 2.21. The van der Waals surface area contributed by atoms with E-state index in [4.69, 9.17) is 10.8 Å². The second kappa shape index (κ2) is 5.62. The van der Waals surface area contributed by atoms with E-state index >= 15 is 0 Å². The highest BCUT2D eigenvalue weighted by atomic mass is 16.3. The third-order valence-electron chi connectivity index (χ3n) is 2.89. The van der Waals surface area contributed by atoms with Crippen molar-refractivity contribution in [2.24, 2.45) is 5.73 Å². The molecule has 0 radical (unpaired) electrons. The maximum atomic E-state index is 8.85. The minimum Gasteiger partial charge on any atom is -0.396 e. The van der Waals surface area contributed by atoms with Crippen LogP contribution in [-0.2, 0) is 0 Å². The average molecular weight is 227 g/mol. The van der Waals surface area contributed by atoms with Crippen LogP contribution in [0.2, 0.25) is 0 Å². The number of hydrogen-bond donors (Lipinski definition) is 2. The van der Waals surface area contributed by atoms with E-state index in [1.807, 2.05) is 30.3 Å². The molecule has 0 aliphatic carbocycles. The first-order chi connectivity index (χ1) is 8.31. The van der Waals surface area contributed by atoms with Crippen molar-refractivity contribution < 1.29 is 5.11 Å². The van der Waals surface area contributed by atoms with Crippen LogP contribution >= 0.6 is 0 Å². The molecule has 0 aliphatic rings. The molecule has 0 aromatic heterocycles. The molecule has 0 heterocycles. The van der Waals surface area contributed by atoms with Crippen LogP contribution in [-0.4, -0.2) is 11.7 Å². The van der Waals surface area contributed by atoms with E-state index in [-0.39, 0.29) is 12.6 Å². The summed E-state index contributed by atoms with van der Waals surface area (Å²) >= 11 is 0. The molecule has 0 bridgehead atoms. The summed E-state index contributed by atoms with van der Waals surface area (Å²) in [6.07, 6.45) is 0.602. The predicted molar refractivity (Wildman–Crippen MR) is 70.5 cm³/mol. The molecule has 0 unspecified atom stereocenters. The highest BCUT2D eigenvalue weighted by molar-refractivity contribution is 5.63. The summed E-state index contributed by atoms with van der Waals surface area (Å²) in [4.78, 5) is 0. The van der Waals surface area contributed by atoms with E-state index in [1.165, 1.54) is 11.1 Å². The van der Waals surface area contributed by atoms with Crippen molar-refractivity contribution in [2.45, 2.75) is 12.5 Å². The van der Waals surface area contributed by atoms with Crippen LogP contribution in [0.25, 0.3) is 11.1 Å². The van der Waals surface area contributed by atoms with Gasteiger partial charge in [0.1, 0.15) is 0 Å². The van der Waals surface area contributed by atoms with Gasteiger partial charge in [-0.05, 0) is 23.1 Å². The third-order valence-corrected chi connectivity index (χ3v) is 2.89. The van der Waals surface area contributed by atoms with E-state index < -0.39 is 0 Å². The molecule has 0 saturated carbocycles. The van der Waals surface area contributed by atoms with Crippen molar-refractivity contribution in [1.29, 1.82) is 0 Å². The summed E-state index contributed by atoms with van der Waals surface area (Å²) < 4.78 is 0. The quantitative estimate of drug-likeness (QED) is 0.843. The minimum atomic E-state index is -0.0789. The van der Waals surface area contributed by atoms with Gasteiger partial charge in [-0.2, -0.15) is 0 Å². The van der Waals surface area contributed by atoms with Gasteiger partial charge >= 0.3 is 0 Å². The molecule has 88 valence electrons. The summed E-state index contributed by atoms with van der Waals surface area (Å²) in [7, 11) is 0. The van der Waals surface area contributed by atoms with Crippen molar-refractivity contribution in [3.63, 3.8) is 0 Å². The summed E-state index contributed by atoms with van der Waals surface area (Å²) in [5.74, 6) is 0. The van der Waals surface area contributed by atoms with E-state index in [0.717, 1.165) is 5.56 Å². The monoisotopic (exact) mass is 227 g/mol. The lowest BCUT2D eigenvalue weighted by Gasteiger charge is -2.11. The normalized spacial score (nSPS) is 12.4. The van der Waals surface area contributed by atoms with E-state index in [1.54, 1.807) is 0 Å². The van der Waals surface area contributed by atoms with Crippen molar-refractivity contribution in [3.8, 4) is 11.1 Å². The Balaban J connectivity index is 2.19. The SMILES string of the molecule is N[C@H](CCO)c1ccc(-c2ccccc2)cc1. The van der Waals surface area contributed by atoms with Gasteiger partial charge in [-0.3, -0.25) is 0 Å². The van der Waals surface area contributed by atoms with Gasteiger partial charge < -0.3 is 10.8 Å². The number of hydrogen-bond acceptors (Lipinski definition) is 2. The molecule has 17 heavy (non-hydrogen) atoms. The predicted octanol–water partition coefficient (Wildman–Crippen LogP) is 2.74. The maximum Gasteiger partial charge on any atom is 0.0449 e. The maximum absolute atomic E-state index is 8.85. The zero-order valence-electron chi connectivity index (χ0n) is 9.71. The van der Waals surface area contributed by atoms with Crippen molar-refractivity contribution >= 4 is 0 Å². The molecule has 2 nitrogen and oxygen atoms in total. The van der Waals surface area contributed by atoms with E-state index in [9.17, 15) is 0 Å². The first kappa shape index (κ1) is 11.8. The topological polar surface area (TPSA) is 46.2 Å². The number of benzene rings is 2. The Morgan fingerprint density at radius 3 is 2.06 bits per heavy atom. The second-order valence-corrected chi connectivity index (χ2v) is 4.11. The minimum absolute atomic E-state index is 0.0789. The molecule has 2 rings (SSSR count). The lowest BCUT2D eigenvalue weighted by molar-refractivity contribution is 0.276. The molecule has 2 heteroatoms. The second-order valence-electron chi connectivity index (χ2n) is 4.11. The molecule has 3 N–H and O–H groups in total. The van der Waals surface area contributed by atoms with Crippen LogP contribution < -0.4 is 5.73 Å². The zero-order valence-corrected chi connectivity index (χ0v) is 9.71. The van der Waals surface area contributed by atoms with Gasteiger partial charge in [-0.25, -0.2) is 0 Å². The molecular formula is C15H17NO. The molecule has 0 amide bonds. The van der Waals surface area contributed by atoms with Gasteiger partial charge in [-0.15, -0.1) is 0 Å². The molecule has 0 fully saturated rings. The molecule has 2 aromatic carbocycles. The zero-order chi connectivity index (χ0) is 12.1. The number of nitrogens with two attached hydrogens (primary N) is 1. The van der Waals surface area contributed by atoms with E-state index in [0.29, 0.717) is 6.42 Å². The van der Waals surface area contributed by atoms with Gasteiger partial charge in [0, 0.05) is 12.6 Å². The summed E-state index contributed by atoms with van der Waals surface area (Å²) in [5.41, 5.74) is 9.39. The standard InChI is InChI=1S/C15H17NO/c16-15(10-11-17)14-8-6-13(7-9-14)12-4-2-1-3-5-12/h1-9,15,17H,10-11,16H2/t15-/m1/s1. The van der Waals surface area contributed by atoms with Crippen molar-refractivity contribution in [2.75, 3.05) is 6.61 Å². The molecule has 2 aromatic rings. The van der Waals surface area contributed by atoms with Crippen molar-refractivity contribution in [1.82, 2.24) is 0 Å². The smallest absolute Gasteiger partial charge is 0.0449 e. The van der Waals surface area contributed by atoms with Crippen LogP contribution in [0.3, 0.4) is 0 Å². The average Bonchev–Trinajstić information content (AvgIpc) is 2.40. The van der Waals surface area contributed by atoms with Gasteiger partial charge in [-0.1, -0.05) is 54.6 Å².